The number of thiazole rings is 1. The van der Waals surface area contributed by atoms with E-state index in [1.54, 1.807) is 5.38 Å². The number of rotatable bonds is 5. The second-order valence-corrected chi connectivity index (χ2v) is 5.77. The van der Waals surface area contributed by atoms with Crippen molar-refractivity contribution in [1.82, 2.24) is 4.98 Å². The zero-order valence-corrected chi connectivity index (χ0v) is 12.5. The van der Waals surface area contributed by atoms with Gasteiger partial charge in [0, 0.05) is 5.38 Å². The second kappa shape index (κ2) is 6.05. The van der Waals surface area contributed by atoms with Crippen molar-refractivity contribution < 1.29 is 14.6 Å². The Bertz CT molecular complexity index is 619. The van der Waals surface area contributed by atoms with Gasteiger partial charge in [-0.15, -0.1) is 11.3 Å². The van der Waals surface area contributed by atoms with Gasteiger partial charge in [0.05, 0.1) is 5.69 Å². The molecule has 0 unspecified atom stereocenters. The molecule has 2 rings (SSSR count). The topological polar surface area (TPSA) is 59.4 Å². The summed E-state index contributed by atoms with van der Waals surface area (Å²) in [4.78, 5) is 14.7. The summed E-state index contributed by atoms with van der Waals surface area (Å²) in [5.74, 6) is 0.260. The molecule has 0 spiro atoms. The number of aromatic nitrogens is 1. The molecule has 1 heterocycles. The first-order chi connectivity index (χ1) is 9.47. The van der Waals surface area contributed by atoms with Crippen molar-refractivity contribution in [1.29, 1.82) is 0 Å². The molecule has 20 heavy (non-hydrogen) atoms. The molecule has 106 valence electrons. The molecule has 1 aromatic carbocycles. The summed E-state index contributed by atoms with van der Waals surface area (Å²) in [5, 5.41) is 10.6. The fourth-order valence-electron chi connectivity index (χ4n) is 2.01. The zero-order valence-electron chi connectivity index (χ0n) is 11.7. The maximum atomic E-state index is 10.7. The summed E-state index contributed by atoms with van der Waals surface area (Å²) in [6.45, 7) is 6.66. The van der Waals surface area contributed by atoms with Crippen molar-refractivity contribution in [2.75, 3.05) is 0 Å². The molecule has 0 saturated heterocycles. The summed E-state index contributed by atoms with van der Waals surface area (Å²) < 4.78 is 5.65. The van der Waals surface area contributed by atoms with E-state index in [4.69, 9.17) is 9.84 Å². The Morgan fingerprint density at radius 1 is 1.45 bits per heavy atom. The normalized spacial score (nSPS) is 10.8. The molecule has 5 heteroatoms. The maximum absolute atomic E-state index is 10.7. The quantitative estimate of drug-likeness (QED) is 0.909. The van der Waals surface area contributed by atoms with Crippen molar-refractivity contribution in [3.63, 3.8) is 0 Å². The number of carbonyl (C=O) groups is 1. The molecule has 0 atom stereocenters. The van der Waals surface area contributed by atoms with Crippen LogP contribution in [0.1, 0.15) is 46.4 Å². The fraction of sp³-hybridized carbons (Fsp3) is 0.333. The number of hydrogen-bond acceptors (Lipinski definition) is 4. The number of hydrogen-bond donors (Lipinski definition) is 1. The molecule has 1 aromatic heterocycles. The van der Waals surface area contributed by atoms with Gasteiger partial charge in [-0.2, -0.15) is 0 Å². The van der Waals surface area contributed by atoms with Crippen LogP contribution in [0.3, 0.4) is 0 Å². The van der Waals surface area contributed by atoms with E-state index in [0.29, 0.717) is 11.6 Å². The summed E-state index contributed by atoms with van der Waals surface area (Å²) >= 11 is 1.11. The number of ether oxygens (including phenoxy) is 1. The number of carboxylic acid groups (broad SMARTS) is 1. The molecule has 0 amide bonds. The van der Waals surface area contributed by atoms with Gasteiger partial charge in [0.25, 0.3) is 0 Å². The highest BCUT2D eigenvalue weighted by molar-refractivity contribution is 7.11. The van der Waals surface area contributed by atoms with Crippen LogP contribution in [0.25, 0.3) is 0 Å². The van der Waals surface area contributed by atoms with Gasteiger partial charge < -0.3 is 9.84 Å². The maximum Gasteiger partial charge on any atom is 0.365 e. The van der Waals surface area contributed by atoms with E-state index in [9.17, 15) is 4.79 Å². The fourth-order valence-corrected chi connectivity index (χ4v) is 2.65. The second-order valence-electron chi connectivity index (χ2n) is 4.91. The van der Waals surface area contributed by atoms with Crippen molar-refractivity contribution in [2.24, 2.45) is 0 Å². The molecule has 0 aliphatic heterocycles. The van der Waals surface area contributed by atoms with Crippen LogP contribution in [0.15, 0.2) is 23.6 Å². The Hall–Kier alpha value is -1.88. The molecule has 0 saturated carbocycles. The molecule has 0 aliphatic rings. The SMILES string of the molecule is Cc1cc(OCc2csc(C(=O)O)n2)ccc1C(C)C. The molecule has 1 N–H and O–H groups in total. The molecule has 2 aromatic rings. The summed E-state index contributed by atoms with van der Waals surface area (Å²) in [7, 11) is 0. The number of benzene rings is 1. The van der Waals surface area contributed by atoms with Crippen molar-refractivity contribution in [3.05, 3.63) is 45.4 Å². The number of aromatic carboxylic acids is 1. The zero-order chi connectivity index (χ0) is 14.7. The molecule has 0 radical (unpaired) electrons. The van der Waals surface area contributed by atoms with Crippen LogP contribution in [-0.2, 0) is 6.61 Å². The van der Waals surface area contributed by atoms with Crippen LogP contribution in [0.5, 0.6) is 5.75 Å². The Kier molecular flexibility index (Phi) is 4.39. The van der Waals surface area contributed by atoms with Gasteiger partial charge in [0.1, 0.15) is 12.4 Å². The highest BCUT2D eigenvalue weighted by Crippen LogP contribution is 2.24. The van der Waals surface area contributed by atoms with Crippen molar-refractivity contribution in [3.8, 4) is 5.75 Å². The first-order valence-electron chi connectivity index (χ1n) is 6.38. The van der Waals surface area contributed by atoms with E-state index >= 15 is 0 Å². The Balaban J connectivity index is 2.03. The summed E-state index contributed by atoms with van der Waals surface area (Å²) in [5.41, 5.74) is 3.14. The molecule has 4 nitrogen and oxygen atoms in total. The van der Waals surface area contributed by atoms with E-state index in [2.05, 4.69) is 31.8 Å². The minimum atomic E-state index is -1.00. The molecular weight excluding hydrogens is 274 g/mol. The third kappa shape index (κ3) is 3.36. The van der Waals surface area contributed by atoms with Gasteiger partial charge in [-0.3, -0.25) is 0 Å². The van der Waals surface area contributed by atoms with Gasteiger partial charge in [-0.05, 0) is 36.1 Å². The highest BCUT2D eigenvalue weighted by Gasteiger charge is 2.10. The average molecular weight is 291 g/mol. The predicted molar refractivity (Wildman–Crippen MR) is 78.7 cm³/mol. The van der Waals surface area contributed by atoms with E-state index in [-0.39, 0.29) is 11.6 Å². The lowest BCUT2D eigenvalue weighted by Crippen LogP contribution is -2.00. The third-order valence-corrected chi connectivity index (χ3v) is 3.86. The minimum absolute atomic E-state index is 0.0925. The van der Waals surface area contributed by atoms with E-state index < -0.39 is 5.97 Å². The smallest absolute Gasteiger partial charge is 0.365 e. The van der Waals surface area contributed by atoms with E-state index in [0.717, 1.165) is 17.1 Å². The average Bonchev–Trinajstić information content (AvgIpc) is 2.85. The number of nitrogens with zero attached hydrogens (tertiary/aromatic N) is 1. The lowest BCUT2D eigenvalue weighted by atomic mass is 9.98. The van der Waals surface area contributed by atoms with Crippen LogP contribution in [0, 0.1) is 6.92 Å². The van der Waals surface area contributed by atoms with Crippen LogP contribution in [-0.4, -0.2) is 16.1 Å². The summed E-state index contributed by atoms with van der Waals surface area (Å²) in [6, 6.07) is 6.01. The Labute approximate surface area is 122 Å². The Morgan fingerprint density at radius 3 is 2.75 bits per heavy atom. The molecule has 0 bridgehead atoms. The van der Waals surface area contributed by atoms with Gasteiger partial charge >= 0.3 is 5.97 Å². The van der Waals surface area contributed by atoms with Gasteiger partial charge in [-0.1, -0.05) is 19.9 Å². The van der Waals surface area contributed by atoms with Crippen molar-refractivity contribution >= 4 is 17.3 Å². The lowest BCUT2D eigenvalue weighted by Gasteiger charge is -2.11. The van der Waals surface area contributed by atoms with Gasteiger partial charge in [0.15, 0.2) is 0 Å². The van der Waals surface area contributed by atoms with E-state index in [1.807, 2.05) is 12.1 Å². The van der Waals surface area contributed by atoms with E-state index in [1.165, 1.54) is 11.1 Å². The van der Waals surface area contributed by atoms with Crippen molar-refractivity contribution in [2.45, 2.75) is 33.3 Å². The lowest BCUT2D eigenvalue weighted by molar-refractivity contribution is 0.0696. The monoisotopic (exact) mass is 291 g/mol. The highest BCUT2D eigenvalue weighted by atomic mass is 32.1. The van der Waals surface area contributed by atoms with Crippen LogP contribution < -0.4 is 4.74 Å². The number of carboxylic acids is 1. The van der Waals surface area contributed by atoms with Gasteiger partial charge in [-0.25, -0.2) is 9.78 Å². The first-order valence-corrected chi connectivity index (χ1v) is 7.26. The number of aryl methyl sites for hydroxylation is 1. The molecule has 0 aliphatic carbocycles. The standard InChI is InChI=1S/C15H17NO3S/c1-9(2)13-5-4-12(6-10(13)3)19-7-11-8-20-14(16-11)15(17)18/h4-6,8-9H,7H2,1-3H3,(H,17,18). The van der Waals surface area contributed by atoms with Gasteiger partial charge in [0.2, 0.25) is 5.01 Å². The predicted octanol–water partition coefficient (Wildman–Crippen LogP) is 3.85. The first kappa shape index (κ1) is 14.5. The largest absolute Gasteiger partial charge is 0.487 e. The van der Waals surface area contributed by atoms with Crippen LogP contribution in [0.2, 0.25) is 0 Å². The summed E-state index contributed by atoms with van der Waals surface area (Å²) in [6.07, 6.45) is 0. The third-order valence-electron chi connectivity index (χ3n) is 2.98. The molecular formula is C15H17NO3S. The van der Waals surface area contributed by atoms with Crippen LogP contribution in [0.4, 0.5) is 0 Å². The molecule has 0 fully saturated rings. The Morgan fingerprint density at radius 2 is 2.20 bits per heavy atom. The van der Waals surface area contributed by atoms with Crippen LogP contribution >= 0.6 is 11.3 Å². The minimum Gasteiger partial charge on any atom is -0.487 e.